The van der Waals surface area contributed by atoms with Crippen LogP contribution in [0.3, 0.4) is 0 Å². The van der Waals surface area contributed by atoms with Crippen molar-refractivity contribution in [3.05, 3.63) is 11.1 Å². The van der Waals surface area contributed by atoms with Crippen molar-refractivity contribution in [1.82, 2.24) is 14.8 Å². The summed E-state index contributed by atoms with van der Waals surface area (Å²) >= 11 is 1.47. The van der Waals surface area contributed by atoms with Gasteiger partial charge >= 0.3 is 6.18 Å². The third-order valence-corrected chi connectivity index (χ3v) is 4.50. The molecule has 1 aliphatic heterocycles. The van der Waals surface area contributed by atoms with Crippen molar-refractivity contribution in [1.29, 1.82) is 0 Å². The molecule has 1 aromatic rings. The summed E-state index contributed by atoms with van der Waals surface area (Å²) in [5, 5.41) is 0.558. The second-order valence-corrected chi connectivity index (χ2v) is 6.64. The minimum absolute atomic E-state index is 0. The molecule has 1 unspecified atom stereocenters. The lowest BCUT2D eigenvalue weighted by molar-refractivity contribution is -0.146. The monoisotopic (exact) mass is 358 g/mol. The predicted molar refractivity (Wildman–Crippen MR) is 85.3 cm³/mol. The summed E-state index contributed by atoms with van der Waals surface area (Å²) in [5.74, 6) is 0.303. The first-order valence-electron chi connectivity index (χ1n) is 7.07. The number of aromatic nitrogens is 1. The summed E-state index contributed by atoms with van der Waals surface area (Å²) in [5.41, 5.74) is 5.60. The molecule has 22 heavy (non-hydrogen) atoms. The van der Waals surface area contributed by atoms with Gasteiger partial charge in [0.1, 0.15) is 0 Å². The maximum absolute atomic E-state index is 12.5. The second-order valence-electron chi connectivity index (χ2n) is 5.50. The summed E-state index contributed by atoms with van der Waals surface area (Å²) in [6.45, 7) is 4.46. The topological polar surface area (TPSA) is 45.4 Å². The molecule has 0 aliphatic carbocycles. The van der Waals surface area contributed by atoms with Crippen molar-refractivity contribution in [2.24, 2.45) is 5.92 Å². The Kier molecular flexibility index (Phi) is 7.37. The van der Waals surface area contributed by atoms with Crippen LogP contribution in [0.2, 0.25) is 0 Å². The summed E-state index contributed by atoms with van der Waals surface area (Å²) in [6, 6.07) is 0. The summed E-state index contributed by atoms with van der Waals surface area (Å²) < 4.78 is 37.4. The van der Waals surface area contributed by atoms with E-state index in [1.165, 1.54) is 16.2 Å². The number of hydrogen-bond acceptors (Lipinski definition) is 5. The van der Waals surface area contributed by atoms with Crippen molar-refractivity contribution in [2.45, 2.75) is 26.1 Å². The highest BCUT2D eigenvalue weighted by molar-refractivity contribution is 7.15. The molecule has 0 amide bonds. The highest BCUT2D eigenvalue weighted by Crippen LogP contribution is 2.24. The molecule has 0 spiro atoms. The number of hydrogen-bond donors (Lipinski definition) is 1. The van der Waals surface area contributed by atoms with Gasteiger partial charge in [-0.2, -0.15) is 13.2 Å². The zero-order valence-electron chi connectivity index (χ0n) is 12.5. The molecule has 0 bridgehead atoms. The molecular weight excluding hydrogens is 337 g/mol. The molecule has 1 aliphatic rings. The quantitative estimate of drug-likeness (QED) is 0.849. The van der Waals surface area contributed by atoms with E-state index in [-0.39, 0.29) is 12.4 Å². The fourth-order valence-corrected chi connectivity index (χ4v) is 3.47. The molecule has 1 fully saturated rings. The van der Waals surface area contributed by atoms with Crippen LogP contribution < -0.4 is 5.73 Å². The zero-order chi connectivity index (χ0) is 15.5. The lowest BCUT2D eigenvalue weighted by Gasteiger charge is -2.25. The Balaban J connectivity index is 0.00000242. The fourth-order valence-electron chi connectivity index (χ4n) is 2.75. The Morgan fingerprint density at radius 3 is 2.77 bits per heavy atom. The fraction of sp³-hybridized carbons (Fsp3) is 0.769. The third-order valence-electron chi connectivity index (χ3n) is 3.69. The third kappa shape index (κ3) is 6.28. The Morgan fingerprint density at radius 2 is 2.23 bits per heavy atom. The van der Waals surface area contributed by atoms with Gasteiger partial charge in [-0.25, -0.2) is 4.98 Å². The minimum Gasteiger partial charge on any atom is -0.375 e. The van der Waals surface area contributed by atoms with Gasteiger partial charge in [0.25, 0.3) is 0 Å². The maximum Gasteiger partial charge on any atom is 0.401 e. The number of nitrogen functional groups attached to an aromatic ring is 1. The average Bonchev–Trinajstić information content (AvgIpc) is 2.97. The molecule has 2 rings (SSSR count). The molecule has 4 nitrogen and oxygen atoms in total. The van der Waals surface area contributed by atoms with Crippen molar-refractivity contribution >= 4 is 28.9 Å². The van der Waals surface area contributed by atoms with Crippen LogP contribution in [-0.4, -0.2) is 53.7 Å². The first kappa shape index (κ1) is 19.5. The summed E-state index contributed by atoms with van der Waals surface area (Å²) in [6.07, 6.45) is -1.40. The van der Waals surface area contributed by atoms with E-state index in [0.29, 0.717) is 24.1 Å². The van der Waals surface area contributed by atoms with E-state index in [4.69, 9.17) is 5.73 Å². The van der Waals surface area contributed by atoms with Gasteiger partial charge in [0.2, 0.25) is 0 Å². The van der Waals surface area contributed by atoms with Gasteiger partial charge in [-0.1, -0.05) is 6.92 Å². The lowest BCUT2D eigenvalue weighted by Crippen LogP contribution is -2.38. The van der Waals surface area contributed by atoms with E-state index in [1.54, 1.807) is 13.1 Å². The molecular formula is C13H22ClF3N4S. The number of thiazole rings is 1. The highest BCUT2D eigenvalue weighted by Gasteiger charge is 2.32. The molecule has 1 aromatic heterocycles. The van der Waals surface area contributed by atoms with Crippen molar-refractivity contribution < 1.29 is 13.2 Å². The van der Waals surface area contributed by atoms with Crippen LogP contribution in [0.5, 0.6) is 0 Å². The minimum atomic E-state index is -4.12. The van der Waals surface area contributed by atoms with Gasteiger partial charge in [0.15, 0.2) is 5.13 Å². The lowest BCUT2D eigenvalue weighted by atomic mass is 10.1. The van der Waals surface area contributed by atoms with Gasteiger partial charge < -0.3 is 5.73 Å². The molecule has 9 heteroatoms. The summed E-state index contributed by atoms with van der Waals surface area (Å²) in [7, 11) is 0. The SMILES string of the molecule is CCN(CC1CCN(Cc2cnc(N)s2)C1)CC(F)(F)F.Cl. The molecule has 1 saturated heterocycles. The largest absolute Gasteiger partial charge is 0.401 e. The molecule has 0 aromatic carbocycles. The van der Waals surface area contributed by atoms with E-state index in [1.807, 2.05) is 0 Å². The van der Waals surface area contributed by atoms with Gasteiger partial charge in [-0.3, -0.25) is 9.80 Å². The van der Waals surface area contributed by atoms with Crippen LogP contribution in [0.1, 0.15) is 18.2 Å². The maximum atomic E-state index is 12.5. The van der Waals surface area contributed by atoms with Gasteiger partial charge in [-0.05, 0) is 25.4 Å². The number of likely N-dealkylation sites (tertiary alicyclic amines) is 1. The van der Waals surface area contributed by atoms with E-state index >= 15 is 0 Å². The normalized spacial score (nSPS) is 19.6. The Bertz CT molecular complexity index is 455. The first-order valence-corrected chi connectivity index (χ1v) is 7.89. The Labute approximate surface area is 138 Å². The van der Waals surface area contributed by atoms with Gasteiger partial charge in [0, 0.05) is 30.7 Å². The van der Waals surface area contributed by atoms with Gasteiger partial charge in [0.05, 0.1) is 6.54 Å². The number of anilines is 1. The summed E-state index contributed by atoms with van der Waals surface area (Å²) in [4.78, 5) is 8.87. The Morgan fingerprint density at radius 1 is 1.50 bits per heavy atom. The van der Waals surface area contributed by atoms with Crippen LogP contribution in [0.25, 0.3) is 0 Å². The average molecular weight is 359 g/mol. The highest BCUT2D eigenvalue weighted by atomic mass is 35.5. The van der Waals surface area contributed by atoms with E-state index in [9.17, 15) is 13.2 Å². The molecule has 128 valence electrons. The zero-order valence-corrected chi connectivity index (χ0v) is 14.1. The standard InChI is InChI=1S/C13H21F3N4S.ClH/c1-2-19(9-13(14,15)16)6-10-3-4-20(7-10)8-11-5-18-12(17)21-11;/h5,10H,2-4,6-9H2,1H3,(H2,17,18);1H. The van der Waals surface area contributed by atoms with Crippen LogP contribution in [0.4, 0.5) is 18.3 Å². The molecule has 2 heterocycles. The van der Waals surface area contributed by atoms with Crippen LogP contribution in [-0.2, 0) is 6.54 Å². The second kappa shape index (κ2) is 8.33. The van der Waals surface area contributed by atoms with Crippen LogP contribution in [0, 0.1) is 5.92 Å². The van der Waals surface area contributed by atoms with Crippen LogP contribution >= 0.6 is 23.7 Å². The van der Waals surface area contributed by atoms with Crippen LogP contribution in [0.15, 0.2) is 6.20 Å². The molecule has 1 atom stereocenters. The smallest absolute Gasteiger partial charge is 0.375 e. The van der Waals surface area contributed by atoms with E-state index in [2.05, 4.69) is 9.88 Å². The van der Waals surface area contributed by atoms with Crippen molar-refractivity contribution in [3.8, 4) is 0 Å². The first-order chi connectivity index (χ1) is 9.85. The van der Waals surface area contributed by atoms with Crippen molar-refractivity contribution in [3.63, 3.8) is 0 Å². The van der Waals surface area contributed by atoms with E-state index in [0.717, 1.165) is 30.9 Å². The Hall–Kier alpha value is -0.570. The number of rotatable bonds is 6. The number of nitrogens with two attached hydrogens (primary N) is 1. The number of nitrogens with zero attached hydrogens (tertiary/aromatic N) is 3. The van der Waals surface area contributed by atoms with Gasteiger partial charge in [-0.15, -0.1) is 23.7 Å². The molecule has 0 radical (unpaired) electrons. The van der Waals surface area contributed by atoms with Crippen molar-refractivity contribution in [2.75, 3.05) is 38.5 Å². The number of alkyl halides is 3. The molecule has 0 saturated carbocycles. The van der Waals surface area contributed by atoms with E-state index < -0.39 is 12.7 Å². The predicted octanol–water partition coefficient (Wildman–Crippen LogP) is 2.85. The number of halogens is 4. The molecule has 2 N–H and O–H groups in total.